The second-order valence-corrected chi connectivity index (χ2v) is 7.73. The number of nitrogens with zero attached hydrogens (tertiary/aromatic N) is 2. The Kier molecular flexibility index (Phi) is 5.97. The molecule has 4 nitrogen and oxygen atoms in total. The summed E-state index contributed by atoms with van der Waals surface area (Å²) >= 11 is 6.19. The lowest BCUT2D eigenvalue weighted by atomic mass is 9.72. The Morgan fingerprint density at radius 3 is 2.76 bits per heavy atom. The number of piperidine rings is 2. The van der Waals surface area contributed by atoms with Crippen molar-refractivity contribution in [3.05, 3.63) is 34.6 Å². The Bertz CT molecular complexity index is 617. The summed E-state index contributed by atoms with van der Waals surface area (Å²) in [4.78, 5) is 16.4. The summed E-state index contributed by atoms with van der Waals surface area (Å²) in [5.74, 6) is 0.00380. The van der Waals surface area contributed by atoms with Crippen LogP contribution in [-0.4, -0.2) is 55.6 Å². The van der Waals surface area contributed by atoms with Crippen LogP contribution in [0.4, 0.5) is 4.39 Å². The minimum Gasteiger partial charge on any atom is -0.383 e. The van der Waals surface area contributed by atoms with Gasteiger partial charge >= 0.3 is 0 Å². The number of benzene rings is 1. The number of ether oxygens (including phenoxy) is 1. The van der Waals surface area contributed by atoms with Crippen molar-refractivity contribution in [2.45, 2.75) is 32.2 Å². The van der Waals surface area contributed by atoms with E-state index in [1.807, 2.05) is 4.90 Å². The average molecular weight is 369 g/mol. The van der Waals surface area contributed by atoms with E-state index < -0.39 is 0 Å². The van der Waals surface area contributed by atoms with Crippen LogP contribution in [-0.2, 0) is 16.1 Å². The topological polar surface area (TPSA) is 32.8 Å². The molecule has 1 aromatic carbocycles. The molecule has 0 radical (unpaired) electrons. The van der Waals surface area contributed by atoms with Gasteiger partial charge in [-0.2, -0.15) is 0 Å². The maximum Gasteiger partial charge on any atom is 0.222 e. The molecule has 0 aliphatic carbocycles. The van der Waals surface area contributed by atoms with E-state index in [2.05, 4.69) is 4.90 Å². The molecule has 6 heteroatoms. The van der Waals surface area contributed by atoms with E-state index in [-0.39, 0.29) is 17.1 Å². The van der Waals surface area contributed by atoms with Crippen LogP contribution in [0.15, 0.2) is 18.2 Å². The molecule has 138 valence electrons. The molecule has 2 saturated heterocycles. The van der Waals surface area contributed by atoms with E-state index in [4.69, 9.17) is 16.3 Å². The molecular formula is C19H26ClFN2O2. The van der Waals surface area contributed by atoms with Gasteiger partial charge in [0.25, 0.3) is 0 Å². The molecule has 0 bridgehead atoms. The Labute approximate surface area is 153 Å². The highest BCUT2D eigenvalue weighted by atomic mass is 35.5. The number of rotatable bonds is 5. The fourth-order valence-electron chi connectivity index (χ4n) is 4.01. The van der Waals surface area contributed by atoms with Gasteiger partial charge in [-0.1, -0.05) is 11.6 Å². The summed E-state index contributed by atoms with van der Waals surface area (Å²) in [6.07, 6.45) is 3.75. The summed E-state index contributed by atoms with van der Waals surface area (Å²) in [7, 11) is 1.67. The van der Waals surface area contributed by atoms with Gasteiger partial charge < -0.3 is 9.64 Å². The van der Waals surface area contributed by atoms with Crippen molar-refractivity contribution in [1.82, 2.24) is 9.80 Å². The first-order valence-electron chi connectivity index (χ1n) is 8.94. The number of methoxy groups -OCH3 is 1. The first kappa shape index (κ1) is 18.6. The van der Waals surface area contributed by atoms with Gasteiger partial charge in [-0.3, -0.25) is 9.69 Å². The van der Waals surface area contributed by atoms with Crippen LogP contribution in [0.25, 0.3) is 0 Å². The largest absolute Gasteiger partial charge is 0.383 e. The predicted molar refractivity (Wildman–Crippen MR) is 96.0 cm³/mol. The Balaban J connectivity index is 1.57. The van der Waals surface area contributed by atoms with Crippen molar-refractivity contribution in [3.63, 3.8) is 0 Å². The zero-order chi connectivity index (χ0) is 17.9. The van der Waals surface area contributed by atoms with E-state index in [9.17, 15) is 9.18 Å². The molecule has 2 fully saturated rings. The number of likely N-dealkylation sites (tertiary alicyclic amines) is 2. The maximum atomic E-state index is 13.4. The van der Waals surface area contributed by atoms with E-state index in [0.717, 1.165) is 44.5 Å². The molecule has 25 heavy (non-hydrogen) atoms. The molecule has 1 spiro atoms. The van der Waals surface area contributed by atoms with E-state index in [0.29, 0.717) is 31.1 Å². The van der Waals surface area contributed by atoms with E-state index in [1.54, 1.807) is 13.2 Å². The molecule has 2 aliphatic rings. The van der Waals surface area contributed by atoms with Crippen LogP contribution in [0, 0.1) is 11.2 Å². The first-order valence-corrected chi connectivity index (χ1v) is 9.32. The van der Waals surface area contributed by atoms with E-state index >= 15 is 0 Å². The third-order valence-electron chi connectivity index (χ3n) is 5.63. The lowest BCUT2D eigenvalue weighted by molar-refractivity contribution is -0.139. The minimum absolute atomic E-state index is 0.226. The quantitative estimate of drug-likeness (QED) is 0.799. The fourth-order valence-corrected chi connectivity index (χ4v) is 4.18. The van der Waals surface area contributed by atoms with Crippen LogP contribution in [0.2, 0.25) is 5.02 Å². The summed E-state index contributed by atoms with van der Waals surface area (Å²) in [5.41, 5.74) is 1.07. The molecule has 0 unspecified atom stereocenters. The molecular weight excluding hydrogens is 343 g/mol. The highest BCUT2D eigenvalue weighted by molar-refractivity contribution is 6.31. The number of amides is 1. The van der Waals surface area contributed by atoms with Gasteiger partial charge in [0.2, 0.25) is 5.91 Å². The number of carbonyl (C=O) groups excluding carboxylic acids is 1. The van der Waals surface area contributed by atoms with E-state index in [1.165, 1.54) is 12.1 Å². The van der Waals surface area contributed by atoms with Crippen molar-refractivity contribution in [2.24, 2.45) is 5.41 Å². The highest BCUT2D eigenvalue weighted by Crippen LogP contribution is 2.40. The van der Waals surface area contributed by atoms with Gasteiger partial charge in [-0.25, -0.2) is 4.39 Å². The predicted octanol–water partition coefficient (Wildman–Crippen LogP) is 3.33. The highest BCUT2D eigenvalue weighted by Gasteiger charge is 2.40. The summed E-state index contributed by atoms with van der Waals surface area (Å²) < 4.78 is 18.6. The third-order valence-corrected chi connectivity index (χ3v) is 6.00. The van der Waals surface area contributed by atoms with Gasteiger partial charge in [0.1, 0.15) is 5.82 Å². The summed E-state index contributed by atoms with van der Waals surface area (Å²) in [5, 5.41) is 0.621. The Morgan fingerprint density at radius 1 is 1.28 bits per heavy atom. The first-order chi connectivity index (χ1) is 12.0. The third kappa shape index (κ3) is 4.52. The molecule has 2 heterocycles. The van der Waals surface area contributed by atoms with Gasteiger partial charge in [0.05, 0.1) is 6.61 Å². The van der Waals surface area contributed by atoms with Crippen LogP contribution in [0.5, 0.6) is 0 Å². The van der Waals surface area contributed by atoms with Crippen LogP contribution < -0.4 is 0 Å². The zero-order valence-electron chi connectivity index (χ0n) is 14.8. The summed E-state index contributed by atoms with van der Waals surface area (Å²) in [6.45, 7) is 4.70. The lowest BCUT2D eigenvalue weighted by Gasteiger charge is -2.47. The number of hydrogen-bond donors (Lipinski definition) is 0. The van der Waals surface area contributed by atoms with Crippen molar-refractivity contribution in [3.8, 4) is 0 Å². The van der Waals surface area contributed by atoms with Gasteiger partial charge in [0, 0.05) is 38.2 Å². The zero-order valence-corrected chi connectivity index (χ0v) is 15.5. The van der Waals surface area contributed by atoms with Crippen LogP contribution in [0.3, 0.4) is 0 Å². The van der Waals surface area contributed by atoms with Crippen molar-refractivity contribution in [1.29, 1.82) is 0 Å². The molecule has 2 aliphatic heterocycles. The SMILES string of the molecule is COCCN1CC2(CCC1=O)CCN(Cc1cc(F)ccc1Cl)CC2. The molecule has 0 saturated carbocycles. The average Bonchev–Trinajstić information content (AvgIpc) is 2.61. The smallest absolute Gasteiger partial charge is 0.222 e. The number of halogens is 2. The standard InChI is InChI=1S/C19H26ClFN2O2/c1-25-11-10-23-14-19(5-4-18(23)24)6-8-22(9-7-19)13-15-12-16(21)2-3-17(15)20/h2-3,12H,4-11,13-14H2,1H3. The lowest BCUT2D eigenvalue weighted by Crippen LogP contribution is -2.52. The van der Waals surface area contributed by atoms with Crippen molar-refractivity contribution < 1.29 is 13.9 Å². The van der Waals surface area contributed by atoms with Crippen molar-refractivity contribution in [2.75, 3.05) is 39.9 Å². The normalized spacial score (nSPS) is 21.1. The molecule has 0 atom stereocenters. The molecule has 1 amide bonds. The minimum atomic E-state index is -0.243. The molecule has 0 aromatic heterocycles. The molecule has 1 aromatic rings. The number of hydrogen-bond acceptors (Lipinski definition) is 3. The second-order valence-electron chi connectivity index (χ2n) is 7.32. The van der Waals surface area contributed by atoms with Gasteiger partial charge in [-0.15, -0.1) is 0 Å². The fraction of sp³-hybridized carbons (Fsp3) is 0.632. The van der Waals surface area contributed by atoms with Crippen LogP contribution in [0.1, 0.15) is 31.2 Å². The maximum absolute atomic E-state index is 13.4. The summed E-state index contributed by atoms with van der Waals surface area (Å²) in [6, 6.07) is 4.54. The molecule has 0 N–H and O–H groups in total. The monoisotopic (exact) mass is 368 g/mol. The Hall–Kier alpha value is -1.17. The van der Waals surface area contributed by atoms with Gasteiger partial charge in [-0.05, 0) is 61.5 Å². The van der Waals surface area contributed by atoms with Gasteiger partial charge in [0.15, 0.2) is 0 Å². The number of carbonyl (C=O) groups is 1. The second kappa shape index (κ2) is 8.02. The molecule has 3 rings (SSSR count). The Morgan fingerprint density at radius 2 is 2.04 bits per heavy atom. The van der Waals surface area contributed by atoms with Crippen LogP contribution >= 0.6 is 11.6 Å². The van der Waals surface area contributed by atoms with Crippen molar-refractivity contribution >= 4 is 17.5 Å².